The minimum atomic E-state index is -0.956. The molecule has 0 aromatic carbocycles. The van der Waals surface area contributed by atoms with Crippen LogP contribution in [0.25, 0.3) is 0 Å². The second kappa shape index (κ2) is 3.10. The Morgan fingerprint density at radius 3 is 3.10 bits per heavy atom. The zero-order valence-electron chi connectivity index (χ0n) is 5.50. The number of nitrogens with one attached hydrogen (secondary N) is 2. The average molecular weight is 142 g/mol. The SMILES string of the molecule is O=C(O)NC1CC=CNC1. The van der Waals surface area contributed by atoms with Gasteiger partial charge in [0.1, 0.15) is 0 Å². The molecule has 1 unspecified atom stereocenters. The van der Waals surface area contributed by atoms with Gasteiger partial charge in [0.05, 0.1) is 6.04 Å². The van der Waals surface area contributed by atoms with Gasteiger partial charge < -0.3 is 15.7 Å². The molecule has 4 heteroatoms. The summed E-state index contributed by atoms with van der Waals surface area (Å²) in [6.45, 7) is 0.683. The van der Waals surface area contributed by atoms with E-state index in [9.17, 15) is 4.79 Å². The zero-order chi connectivity index (χ0) is 7.40. The summed E-state index contributed by atoms with van der Waals surface area (Å²) in [6, 6.07) is 0.0301. The normalized spacial score (nSPS) is 23.4. The van der Waals surface area contributed by atoms with Crippen molar-refractivity contribution in [3.05, 3.63) is 12.3 Å². The van der Waals surface area contributed by atoms with Crippen molar-refractivity contribution in [3.63, 3.8) is 0 Å². The van der Waals surface area contributed by atoms with Crippen LogP contribution in [0.1, 0.15) is 6.42 Å². The van der Waals surface area contributed by atoms with Crippen LogP contribution in [0, 0.1) is 0 Å². The Bertz CT molecular complexity index is 156. The first-order chi connectivity index (χ1) is 4.79. The van der Waals surface area contributed by atoms with Crippen LogP contribution in [-0.2, 0) is 0 Å². The monoisotopic (exact) mass is 142 g/mol. The van der Waals surface area contributed by atoms with Crippen molar-refractivity contribution in [2.24, 2.45) is 0 Å². The predicted octanol–water partition coefficient (Wildman–Crippen LogP) is 0.130. The van der Waals surface area contributed by atoms with E-state index in [2.05, 4.69) is 10.6 Å². The fourth-order valence-electron chi connectivity index (χ4n) is 0.894. The van der Waals surface area contributed by atoms with Gasteiger partial charge in [-0.2, -0.15) is 0 Å². The number of hydrogen-bond donors (Lipinski definition) is 3. The molecule has 0 fully saturated rings. The van der Waals surface area contributed by atoms with Gasteiger partial charge in [0, 0.05) is 6.54 Å². The Labute approximate surface area is 58.9 Å². The molecule has 4 nitrogen and oxygen atoms in total. The molecule has 1 amide bonds. The molecular formula is C6H10N2O2. The summed E-state index contributed by atoms with van der Waals surface area (Å²) in [5.74, 6) is 0. The van der Waals surface area contributed by atoms with E-state index in [-0.39, 0.29) is 6.04 Å². The molecule has 3 N–H and O–H groups in total. The Morgan fingerprint density at radius 1 is 1.80 bits per heavy atom. The van der Waals surface area contributed by atoms with E-state index in [1.54, 1.807) is 0 Å². The molecular weight excluding hydrogens is 132 g/mol. The summed E-state index contributed by atoms with van der Waals surface area (Å²) in [7, 11) is 0. The topological polar surface area (TPSA) is 61.4 Å². The molecule has 10 heavy (non-hydrogen) atoms. The highest BCUT2D eigenvalue weighted by atomic mass is 16.4. The van der Waals surface area contributed by atoms with E-state index in [1.807, 2.05) is 12.3 Å². The van der Waals surface area contributed by atoms with Gasteiger partial charge in [-0.05, 0) is 12.6 Å². The summed E-state index contributed by atoms with van der Waals surface area (Å²) in [5.41, 5.74) is 0. The Hall–Kier alpha value is -1.19. The van der Waals surface area contributed by atoms with Gasteiger partial charge in [-0.1, -0.05) is 6.08 Å². The quantitative estimate of drug-likeness (QED) is 0.487. The van der Waals surface area contributed by atoms with Gasteiger partial charge in [-0.25, -0.2) is 4.79 Å². The molecule has 0 saturated heterocycles. The third-order valence-corrected chi connectivity index (χ3v) is 1.35. The lowest BCUT2D eigenvalue weighted by atomic mass is 10.2. The smallest absolute Gasteiger partial charge is 0.404 e. The first-order valence-corrected chi connectivity index (χ1v) is 3.17. The summed E-state index contributed by atoms with van der Waals surface area (Å²) in [6.07, 6.45) is 3.56. The Balaban J connectivity index is 2.28. The second-order valence-corrected chi connectivity index (χ2v) is 2.19. The highest BCUT2D eigenvalue weighted by molar-refractivity contribution is 5.64. The molecule has 1 aliphatic rings. The molecule has 1 atom stereocenters. The standard InChI is InChI=1S/C6H10N2O2/c9-6(10)8-5-2-1-3-7-4-5/h1,3,5,7-8H,2,4H2,(H,9,10). The van der Waals surface area contributed by atoms with Crippen molar-refractivity contribution in [3.8, 4) is 0 Å². The van der Waals surface area contributed by atoms with E-state index in [0.717, 1.165) is 6.42 Å². The molecule has 1 rings (SSSR count). The van der Waals surface area contributed by atoms with Gasteiger partial charge >= 0.3 is 6.09 Å². The first kappa shape index (κ1) is 6.92. The van der Waals surface area contributed by atoms with Crippen molar-refractivity contribution in [2.75, 3.05) is 6.54 Å². The second-order valence-electron chi connectivity index (χ2n) is 2.19. The van der Waals surface area contributed by atoms with Gasteiger partial charge in [-0.3, -0.25) is 0 Å². The van der Waals surface area contributed by atoms with Crippen LogP contribution < -0.4 is 10.6 Å². The Kier molecular flexibility index (Phi) is 2.15. The molecule has 0 spiro atoms. The lowest BCUT2D eigenvalue weighted by Crippen LogP contribution is -2.41. The molecule has 0 aliphatic carbocycles. The molecule has 1 aliphatic heterocycles. The van der Waals surface area contributed by atoms with Gasteiger partial charge in [-0.15, -0.1) is 0 Å². The van der Waals surface area contributed by atoms with E-state index >= 15 is 0 Å². The Morgan fingerprint density at radius 2 is 2.60 bits per heavy atom. The summed E-state index contributed by atoms with van der Waals surface area (Å²) >= 11 is 0. The van der Waals surface area contributed by atoms with Crippen LogP contribution in [0.15, 0.2) is 12.3 Å². The maximum absolute atomic E-state index is 10.1. The predicted molar refractivity (Wildman–Crippen MR) is 36.7 cm³/mol. The van der Waals surface area contributed by atoms with Gasteiger partial charge in [0.2, 0.25) is 0 Å². The van der Waals surface area contributed by atoms with Crippen LogP contribution in [0.5, 0.6) is 0 Å². The van der Waals surface area contributed by atoms with Gasteiger partial charge in [0.15, 0.2) is 0 Å². The fourth-order valence-corrected chi connectivity index (χ4v) is 0.894. The van der Waals surface area contributed by atoms with Crippen LogP contribution in [0.2, 0.25) is 0 Å². The largest absolute Gasteiger partial charge is 0.465 e. The van der Waals surface area contributed by atoms with Crippen molar-refractivity contribution < 1.29 is 9.90 Å². The molecule has 1 heterocycles. The molecule has 0 aromatic rings. The molecule has 0 radical (unpaired) electrons. The third kappa shape index (κ3) is 1.97. The number of carboxylic acid groups (broad SMARTS) is 1. The highest BCUT2D eigenvalue weighted by Crippen LogP contribution is 1.96. The highest BCUT2D eigenvalue weighted by Gasteiger charge is 2.10. The summed E-state index contributed by atoms with van der Waals surface area (Å²) in [5, 5.41) is 13.6. The van der Waals surface area contributed by atoms with E-state index in [1.165, 1.54) is 0 Å². The average Bonchev–Trinajstić information content (AvgIpc) is 1.88. The van der Waals surface area contributed by atoms with E-state index in [4.69, 9.17) is 5.11 Å². The van der Waals surface area contributed by atoms with Crippen molar-refractivity contribution in [1.82, 2.24) is 10.6 Å². The lowest BCUT2D eigenvalue weighted by molar-refractivity contribution is 0.189. The molecule has 0 bridgehead atoms. The summed E-state index contributed by atoms with van der Waals surface area (Å²) < 4.78 is 0. The van der Waals surface area contributed by atoms with E-state index < -0.39 is 6.09 Å². The lowest BCUT2D eigenvalue weighted by Gasteiger charge is -2.18. The molecule has 0 saturated carbocycles. The third-order valence-electron chi connectivity index (χ3n) is 1.35. The number of amides is 1. The number of carbonyl (C=O) groups is 1. The van der Waals surface area contributed by atoms with Crippen LogP contribution in [0.3, 0.4) is 0 Å². The van der Waals surface area contributed by atoms with Crippen LogP contribution in [-0.4, -0.2) is 23.8 Å². The van der Waals surface area contributed by atoms with Crippen molar-refractivity contribution in [1.29, 1.82) is 0 Å². The van der Waals surface area contributed by atoms with Crippen LogP contribution >= 0.6 is 0 Å². The van der Waals surface area contributed by atoms with E-state index in [0.29, 0.717) is 6.54 Å². The maximum Gasteiger partial charge on any atom is 0.404 e. The van der Waals surface area contributed by atoms with Crippen LogP contribution in [0.4, 0.5) is 4.79 Å². The zero-order valence-corrected chi connectivity index (χ0v) is 5.50. The molecule has 0 aromatic heterocycles. The first-order valence-electron chi connectivity index (χ1n) is 3.17. The van der Waals surface area contributed by atoms with Gasteiger partial charge in [0.25, 0.3) is 0 Å². The molecule has 56 valence electrons. The summed E-state index contributed by atoms with van der Waals surface area (Å²) in [4.78, 5) is 10.1. The van der Waals surface area contributed by atoms with Crippen molar-refractivity contribution >= 4 is 6.09 Å². The maximum atomic E-state index is 10.1. The minimum Gasteiger partial charge on any atom is -0.465 e. The minimum absolute atomic E-state index is 0.0301. The number of rotatable bonds is 1. The van der Waals surface area contributed by atoms with Crippen molar-refractivity contribution in [2.45, 2.75) is 12.5 Å². The fraction of sp³-hybridized carbons (Fsp3) is 0.500. The number of hydrogen-bond acceptors (Lipinski definition) is 2.